The normalized spacial score (nSPS) is 12.5. The summed E-state index contributed by atoms with van der Waals surface area (Å²) in [5, 5.41) is 23.3. The average Bonchev–Trinajstić information content (AvgIpc) is 3.47. The van der Waals surface area contributed by atoms with E-state index in [1.165, 1.54) is 366 Å². The maximum Gasteiger partial charge on any atom is 0.305 e. The summed E-state index contributed by atoms with van der Waals surface area (Å²) in [5.41, 5.74) is 0. The van der Waals surface area contributed by atoms with Crippen LogP contribution in [0, 0.1) is 0 Å². The van der Waals surface area contributed by atoms with E-state index in [9.17, 15) is 19.8 Å². The van der Waals surface area contributed by atoms with E-state index in [0.717, 1.165) is 38.5 Å². The quantitative estimate of drug-likeness (QED) is 0.0320. The minimum atomic E-state index is -0.842. The predicted octanol–water partition coefficient (Wildman–Crippen LogP) is 24.3. The Balaban J connectivity index is 3.35. The number of esters is 1. The molecule has 482 valence electrons. The molecule has 0 aromatic carbocycles. The number of carbonyl (C=O) groups is 2. The fourth-order valence-electron chi connectivity index (χ4n) is 12.1. The topological polar surface area (TPSA) is 95.9 Å². The molecular weight excluding hydrogens is 995 g/mol. The highest BCUT2D eigenvalue weighted by molar-refractivity contribution is 5.76. The summed E-state index contributed by atoms with van der Waals surface area (Å²) in [4.78, 5) is 24.6. The van der Waals surface area contributed by atoms with E-state index in [0.29, 0.717) is 19.4 Å². The first-order valence-corrected chi connectivity index (χ1v) is 37.5. The molecule has 1 amide bonds. The van der Waals surface area contributed by atoms with Crippen LogP contribution in [0.25, 0.3) is 0 Å². The molecule has 2 atom stereocenters. The van der Waals surface area contributed by atoms with Crippen LogP contribution in [-0.4, -0.2) is 47.4 Å². The lowest BCUT2D eigenvalue weighted by Crippen LogP contribution is -2.45. The molecule has 0 saturated carbocycles. The number of ether oxygens (including phenoxy) is 1. The fourth-order valence-corrected chi connectivity index (χ4v) is 12.1. The number of hydrogen-bond donors (Lipinski definition) is 3. The van der Waals surface area contributed by atoms with Crippen molar-refractivity contribution in [1.82, 2.24) is 5.32 Å². The van der Waals surface area contributed by atoms with Gasteiger partial charge in [0.2, 0.25) is 5.91 Å². The van der Waals surface area contributed by atoms with Gasteiger partial charge in [-0.2, -0.15) is 0 Å². The Morgan fingerprint density at radius 2 is 0.568 bits per heavy atom. The lowest BCUT2D eigenvalue weighted by atomic mass is 10.0. The molecule has 0 aromatic heterocycles. The number of nitrogens with one attached hydrogen (secondary N) is 1. The highest BCUT2D eigenvalue weighted by Crippen LogP contribution is 2.20. The molecule has 3 N–H and O–H groups in total. The second-order valence-corrected chi connectivity index (χ2v) is 26.0. The van der Waals surface area contributed by atoms with Crippen LogP contribution in [0.1, 0.15) is 431 Å². The minimum Gasteiger partial charge on any atom is -0.466 e. The van der Waals surface area contributed by atoms with Crippen LogP contribution in [0.2, 0.25) is 0 Å². The SMILES string of the molecule is CCCCCCCCCCCCCCCCCCCCCC/C=C/C(O)C(CO)NC(=O)CCCCCCCCCCCCCCCCCCCCCCCCCCCCCCCCCOC(=O)CCCCCCCCCCCCC. The maximum absolute atomic E-state index is 12.5. The summed E-state index contributed by atoms with van der Waals surface area (Å²) in [6.45, 7) is 4.95. The molecule has 0 aliphatic heterocycles. The second-order valence-electron chi connectivity index (χ2n) is 26.0. The molecule has 0 aliphatic carbocycles. The highest BCUT2D eigenvalue weighted by Gasteiger charge is 2.18. The van der Waals surface area contributed by atoms with Gasteiger partial charge in [0.05, 0.1) is 25.4 Å². The van der Waals surface area contributed by atoms with Gasteiger partial charge in [-0.25, -0.2) is 0 Å². The number of allylic oxidation sites excluding steroid dienone is 1. The maximum atomic E-state index is 12.5. The molecule has 0 heterocycles. The van der Waals surface area contributed by atoms with E-state index in [1.807, 2.05) is 6.08 Å². The zero-order valence-corrected chi connectivity index (χ0v) is 55.3. The van der Waals surface area contributed by atoms with Gasteiger partial charge in [0, 0.05) is 12.8 Å². The zero-order chi connectivity index (χ0) is 58.5. The summed E-state index contributed by atoms with van der Waals surface area (Å²) in [6.07, 6.45) is 88.9. The van der Waals surface area contributed by atoms with Crippen LogP contribution < -0.4 is 5.32 Å². The molecule has 0 spiro atoms. The highest BCUT2D eigenvalue weighted by atomic mass is 16.5. The van der Waals surface area contributed by atoms with Crippen molar-refractivity contribution < 1.29 is 24.5 Å². The van der Waals surface area contributed by atoms with E-state index in [2.05, 4.69) is 19.2 Å². The fraction of sp³-hybridized carbons (Fsp3) is 0.947. The number of aliphatic hydroxyl groups excluding tert-OH is 2. The van der Waals surface area contributed by atoms with Crippen molar-refractivity contribution in [3.8, 4) is 0 Å². The molecule has 0 radical (unpaired) electrons. The first-order valence-electron chi connectivity index (χ1n) is 37.5. The van der Waals surface area contributed by atoms with Crippen LogP contribution in [0.5, 0.6) is 0 Å². The molecule has 0 saturated heterocycles. The monoisotopic (exact) mass is 1140 g/mol. The number of unbranched alkanes of at least 4 members (excludes halogenated alkanes) is 60. The van der Waals surface area contributed by atoms with Crippen molar-refractivity contribution in [1.29, 1.82) is 0 Å². The Bertz CT molecular complexity index is 1220. The summed E-state index contributed by atoms with van der Waals surface area (Å²) in [6, 6.07) is -0.625. The summed E-state index contributed by atoms with van der Waals surface area (Å²) < 4.78 is 5.48. The molecule has 81 heavy (non-hydrogen) atoms. The molecule has 6 heteroatoms. The van der Waals surface area contributed by atoms with Crippen molar-refractivity contribution in [3.63, 3.8) is 0 Å². The Morgan fingerprint density at radius 3 is 0.840 bits per heavy atom. The first-order chi connectivity index (χ1) is 40.0. The smallest absolute Gasteiger partial charge is 0.305 e. The van der Waals surface area contributed by atoms with E-state index in [-0.39, 0.29) is 18.5 Å². The Hall–Kier alpha value is -1.40. The van der Waals surface area contributed by atoms with E-state index in [1.54, 1.807) is 6.08 Å². The number of rotatable bonds is 71. The van der Waals surface area contributed by atoms with E-state index < -0.39 is 12.1 Å². The van der Waals surface area contributed by atoms with Crippen LogP contribution >= 0.6 is 0 Å². The Kier molecular flexibility index (Phi) is 69.9. The van der Waals surface area contributed by atoms with Gasteiger partial charge in [-0.15, -0.1) is 0 Å². The standard InChI is InChI=1S/C75H147NO5/c1-3-5-7-9-11-13-15-16-17-18-19-20-32-35-38-41-44-48-51-55-59-63-67-73(78)72(71-77)76-74(79)68-64-60-56-52-49-45-42-39-36-33-30-28-26-24-22-21-23-25-27-29-31-34-37-40-43-46-50-54-58-62-66-70-81-75(80)69-65-61-57-53-47-14-12-10-8-6-4-2/h63,67,72-73,77-78H,3-62,64-66,68-71H2,1-2H3,(H,76,79)/b67-63+. The molecule has 6 nitrogen and oxygen atoms in total. The third kappa shape index (κ3) is 67.6. The molecular formula is C75H147NO5. The lowest BCUT2D eigenvalue weighted by Gasteiger charge is -2.20. The largest absolute Gasteiger partial charge is 0.466 e. The van der Waals surface area contributed by atoms with Crippen molar-refractivity contribution in [3.05, 3.63) is 12.2 Å². The van der Waals surface area contributed by atoms with Crippen molar-refractivity contribution >= 4 is 11.9 Å². The van der Waals surface area contributed by atoms with Gasteiger partial charge < -0.3 is 20.3 Å². The minimum absolute atomic E-state index is 0.0211. The molecule has 0 aliphatic rings. The summed E-state index contributed by atoms with van der Waals surface area (Å²) in [5.74, 6) is -0.0375. The number of amides is 1. The second kappa shape index (κ2) is 71.1. The van der Waals surface area contributed by atoms with E-state index >= 15 is 0 Å². The van der Waals surface area contributed by atoms with Gasteiger partial charge in [0.1, 0.15) is 0 Å². The van der Waals surface area contributed by atoms with Crippen LogP contribution in [0.15, 0.2) is 12.2 Å². The van der Waals surface area contributed by atoms with Gasteiger partial charge in [0.15, 0.2) is 0 Å². The zero-order valence-electron chi connectivity index (χ0n) is 55.3. The van der Waals surface area contributed by atoms with Gasteiger partial charge >= 0.3 is 5.97 Å². The Labute approximate surface area is 508 Å². The van der Waals surface area contributed by atoms with Gasteiger partial charge in [-0.1, -0.05) is 398 Å². The number of carbonyl (C=O) groups excluding carboxylic acids is 2. The number of hydrogen-bond acceptors (Lipinski definition) is 5. The third-order valence-electron chi connectivity index (χ3n) is 17.8. The molecule has 0 aromatic rings. The number of aliphatic hydroxyl groups is 2. The Morgan fingerprint density at radius 1 is 0.333 bits per heavy atom. The summed E-state index contributed by atoms with van der Waals surface area (Å²) in [7, 11) is 0. The van der Waals surface area contributed by atoms with Crippen molar-refractivity contribution in [2.24, 2.45) is 0 Å². The summed E-state index contributed by atoms with van der Waals surface area (Å²) >= 11 is 0. The third-order valence-corrected chi connectivity index (χ3v) is 17.8. The van der Waals surface area contributed by atoms with Gasteiger partial charge in [0.25, 0.3) is 0 Å². The first kappa shape index (κ1) is 79.6. The van der Waals surface area contributed by atoms with Crippen LogP contribution in [-0.2, 0) is 14.3 Å². The van der Waals surface area contributed by atoms with Crippen LogP contribution in [0.3, 0.4) is 0 Å². The average molecular weight is 1140 g/mol. The molecule has 0 fully saturated rings. The molecule has 0 rings (SSSR count). The van der Waals surface area contributed by atoms with Crippen LogP contribution in [0.4, 0.5) is 0 Å². The predicted molar refractivity (Wildman–Crippen MR) is 357 cm³/mol. The van der Waals surface area contributed by atoms with Crippen molar-refractivity contribution in [2.75, 3.05) is 13.2 Å². The van der Waals surface area contributed by atoms with Crippen molar-refractivity contribution in [2.45, 2.75) is 443 Å². The van der Waals surface area contributed by atoms with Gasteiger partial charge in [-0.05, 0) is 32.1 Å². The lowest BCUT2D eigenvalue weighted by molar-refractivity contribution is -0.143. The van der Waals surface area contributed by atoms with Gasteiger partial charge in [-0.3, -0.25) is 9.59 Å². The van der Waals surface area contributed by atoms with E-state index in [4.69, 9.17) is 4.74 Å². The molecule has 2 unspecified atom stereocenters. The molecule has 0 bridgehead atoms.